The van der Waals surface area contributed by atoms with Crippen molar-refractivity contribution in [3.05, 3.63) is 29.8 Å². The summed E-state index contributed by atoms with van der Waals surface area (Å²) >= 11 is 0. The monoisotopic (exact) mass is 272 g/mol. The molecule has 0 aliphatic rings. The number of sulfonamides is 1. The molecule has 0 saturated carbocycles. The summed E-state index contributed by atoms with van der Waals surface area (Å²) in [5, 5.41) is 8.76. The van der Waals surface area contributed by atoms with E-state index in [1.54, 1.807) is 31.2 Å². The minimum Gasteiger partial charge on any atom is -0.399 e. The van der Waals surface area contributed by atoms with Gasteiger partial charge >= 0.3 is 0 Å². The topological polar surface area (TPSA) is 83.6 Å². The molecule has 0 radical (unpaired) electrons. The first-order valence-corrected chi connectivity index (χ1v) is 7.53. The molecule has 0 amide bonds. The van der Waals surface area contributed by atoms with Gasteiger partial charge in [-0.2, -0.15) is 0 Å². The van der Waals surface area contributed by atoms with E-state index in [0.717, 1.165) is 0 Å². The summed E-state index contributed by atoms with van der Waals surface area (Å²) < 4.78 is 25.7. The predicted octanol–water partition coefficient (Wildman–Crippen LogP) is 0.803. The third kappa shape index (κ3) is 4.29. The summed E-state index contributed by atoms with van der Waals surface area (Å²) in [6, 6.07) is 6.87. The number of rotatable bonds is 7. The second-order valence-electron chi connectivity index (χ2n) is 4.07. The fraction of sp³-hybridized carbons (Fsp3) is 0.500. The molecule has 102 valence electrons. The van der Waals surface area contributed by atoms with Gasteiger partial charge in [-0.05, 0) is 24.1 Å². The number of nitrogen functional groups attached to an aromatic ring is 1. The molecule has 0 aliphatic carbocycles. The van der Waals surface area contributed by atoms with Gasteiger partial charge < -0.3 is 10.8 Å². The number of aliphatic hydroxyl groups excluding tert-OH is 1. The number of nitrogens with two attached hydrogens (primary N) is 1. The summed E-state index contributed by atoms with van der Waals surface area (Å²) in [5.74, 6) is -0.0582. The largest absolute Gasteiger partial charge is 0.399 e. The summed E-state index contributed by atoms with van der Waals surface area (Å²) in [5.41, 5.74) is 6.86. The van der Waals surface area contributed by atoms with E-state index < -0.39 is 10.0 Å². The third-order valence-electron chi connectivity index (χ3n) is 2.61. The van der Waals surface area contributed by atoms with Crippen molar-refractivity contribution < 1.29 is 13.5 Å². The van der Waals surface area contributed by atoms with Gasteiger partial charge in [0.2, 0.25) is 10.0 Å². The molecule has 0 aromatic heterocycles. The SMILES string of the molecule is CCN(CCCO)S(=O)(=O)Cc1cccc(N)c1. The minimum atomic E-state index is -3.35. The molecule has 3 N–H and O–H groups in total. The van der Waals surface area contributed by atoms with Crippen LogP contribution < -0.4 is 5.73 Å². The number of hydrogen-bond acceptors (Lipinski definition) is 4. The lowest BCUT2D eigenvalue weighted by Crippen LogP contribution is -2.33. The molecule has 1 aromatic carbocycles. The van der Waals surface area contributed by atoms with E-state index >= 15 is 0 Å². The highest BCUT2D eigenvalue weighted by molar-refractivity contribution is 7.88. The van der Waals surface area contributed by atoms with Crippen LogP contribution in [-0.2, 0) is 15.8 Å². The van der Waals surface area contributed by atoms with Crippen LogP contribution in [0.4, 0.5) is 5.69 Å². The maximum Gasteiger partial charge on any atom is 0.218 e. The van der Waals surface area contributed by atoms with Crippen molar-refractivity contribution in [2.24, 2.45) is 0 Å². The summed E-state index contributed by atoms with van der Waals surface area (Å²) in [4.78, 5) is 0. The van der Waals surface area contributed by atoms with Gasteiger partial charge in [-0.15, -0.1) is 0 Å². The van der Waals surface area contributed by atoms with Crippen LogP contribution in [-0.4, -0.2) is 37.5 Å². The van der Waals surface area contributed by atoms with Crippen molar-refractivity contribution in [3.8, 4) is 0 Å². The summed E-state index contributed by atoms with van der Waals surface area (Å²) in [6.45, 7) is 2.53. The summed E-state index contributed by atoms with van der Waals surface area (Å²) in [6.07, 6.45) is 0.448. The molecule has 0 bridgehead atoms. The fourth-order valence-corrected chi connectivity index (χ4v) is 3.31. The van der Waals surface area contributed by atoms with Gasteiger partial charge in [0.1, 0.15) is 0 Å². The maximum absolute atomic E-state index is 12.2. The van der Waals surface area contributed by atoms with Gasteiger partial charge in [-0.3, -0.25) is 0 Å². The highest BCUT2D eigenvalue weighted by atomic mass is 32.2. The highest BCUT2D eigenvalue weighted by Gasteiger charge is 2.20. The Labute approximate surface area is 108 Å². The van der Waals surface area contributed by atoms with Crippen LogP contribution in [0, 0.1) is 0 Å². The second-order valence-corrected chi connectivity index (χ2v) is 6.04. The number of hydrogen-bond donors (Lipinski definition) is 2. The summed E-state index contributed by atoms with van der Waals surface area (Å²) in [7, 11) is -3.35. The van der Waals surface area contributed by atoms with Gasteiger partial charge in [0, 0.05) is 25.4 Å². The number of anilines is 1. The normalized spacial score (nSPS) is 11.9. The Morgan fingerprint density at radius 1 is 1.39 bits per heavy atom. The molecule has 0 unspecified atom stereocenters. The first-order valence-electron chi connectivity index (χ1n) is 5.92. The maximum atomic E-state index is 12.2. The van der Waals surface area contributed by atoms with Crippen molar-refractivity contribution in [1.29, 1.82) is 0 Å². The van der Waals surface area contributed by atoms with Crippen LogP contribution in [0.25, 0.3) is 0 Å². The minimum absolute atomic E-state index is 0.00962. The molecule has 1 aromatic rings. The van der Waals surface area contributed by atoms with Crippen molar-refractivity contribution in [1.82, 2.24) is 4.31 Å². The molecule has 0 spiro atoms. The van der Waals surface area contributed by atoms with Gasteiger partial charge in [-0.1, -0.05) is 19.1 Å². The van der Waals surface area contributed by atoms with Crippen LogP contribution >= 0.6 is 0 Å². The first kappa shape index (κ1) is 14.9. The lowest BCUT2D eigenvalue weighted by Gasteiger charge is -2.20. The lowest BCUT2D eigenvalue weighted by molar-refractivity contribution is 0.271. The van der Waals surface area contributed by atoms with Crippen molar-refractivity contribution in [2.75, 3.05) is 25.4 Å². The van der Waals surface area contributed by atoms with Gasteiger partial charge in [-0.25, -0.2) is 12.7 Å². The van der Waals surface area contributed by atoms with E-state index in [0.29, 0.717) is 30.8 Å². The molecule has 18 heavy (non-hydrogen) atoms. The van der Waals surface area contributed by atoms with Gasteiger partial charge in [0.05, 0.1) is 5.75 Å². The zero-order valence-electron chi connectivity index (χ0n) is 10.5. The molecule has 6 heteroatoms. The van der Waals surface area contributed by atoms with E-state index in [1.807, 2.05) is 0 Å². The third-order valence-corrected chi connectivity index (χ3v) is 4.54. The quantitative estimate of drug-likeness (QED) is 0.719. The molecular formula is C12H20N2O3S. The lowest BCUT2D eigenvalue weighted by atomic mass is 10.2. The second kappa shape index (κ2) is 6.72. The van der Waals surface area contributed by atoms with E-state index in [2.05, 4.69) is 0 Å². The predicted molar refractivity (Wildman–Crippen MR) is 72.4 cm³/mol. The van der Waals surface area contributed by atoms with Crippen molar-refractivity contribution in [2.45, 2.75) is 19.1 Å². The van der Waals surface area contributed by atoms with Crippen LogP contribution in [0.3, 0.4) is 0 Å². The molecule has 0 heterocycles. The molecule has 0 atom stereocenters. The standard InChI is InChI=1S/C12H20N2O3S/c1-2-14(7-4-8-15)18(16,17)10-11-5-3-6-12(13)9-11/h3,5-6,9,15H,2,4,7-8,10,13H2,1H3. The molecule has 0 fully saturated rings. The zero-order valence-corrected chi connectivity index (χ0v) is 11.4. The van der Waals surface area contributed by atoms with E-state index in [-0.39, 0.29) is 12.4 Å². The van der Waals surface area contributed by atoms with Crippen LogP contribution in [0.15, 0.2) is 24.3 Å². The van der Waals surface area contributed by atoms with Crippen LogP contribution in [0.2, 0.25) is 0 Å². The van der Waals surface area contributed by atoms with Gasteiger partial charge in [0.15, 0.2) is 0 Å². The number of benzene rings is 1. The van der Waals surface area contributed by atoms with Crippen molar-refractivity contribution >= 4 is 15.7 Å². The molecule has 5 nitrogen and oxygen atoms in total. The molecule has 0 saturated heterocycles. The Morgan fingerprint density at radius 2 is 2.11 bits per heavy atom. The Hall–Kier alpha value is -1.11. The van der Waals surface area contributed by atoms with E-state index in [9.17, 15) is 8.42 Å². The Bertz CT molecular complexity index is 474. The molecule has 1 rings (SSSR count). The smallest absolute Gasteiger partial charge is 0.218 e. The van der Waals surface area contributed by atoms with Crippen LogP contribution in [0.1, 0.15) is 18.9 Å². The van der Waals surface area contributed by atoms with Crippen molar-refractivity contribution in [3.63, 3.8) is 0 Å². The molecule has 0 aliphatic heterocycles. The Morgan fingerprint density at radius 3 is 2.67 bits per heavy atom. The highest BCUT2D eigenvalue weighted by Crippen LogP contribution is 2.13. The van der Waals surface area contributed by atoms with E-state index in [4.69, 9.17) is 10.8 Å². The van der Waals surface area contributed by atoms with Gasteiger partial charge in [0.25, 0.3) is 0 Å². The molecular weight excluding hydrogens is 252 g/mol. The zero-order chi connectivity index (χ0) is 13.6. The Kier molecular flexibility index (Phi) is 5.58. The van der Waals surface area contributed by atoms with Crippen LogP contribution in [0.5, 0.6) is 0 Å². The Balaban J connectivity index is 2.79. The number of aliphatic hydroxyl groups is 1. The number of nitrogens with zero attached hydrogens (tertiary/aromatic N) is 1. The van der Waals surface area contributed by atoms with E-state index in [1.165, 1.54) is 4.31 Å². The fourth-order valence-electron chi connectivity index (χ4n) is 1.73. The average molecular weight is 272 g/mol. The first-order chi connectivity index (χ1) is 8.49. The average Bonchev–Trinajstić information content (AvgIpc) is 2.29.